The zero-order valence-corrected chi connectivity index (χ0v) is 11.1. The Morgan fingerprint density at radius 3 is 2.95 bits per heavy atom. The van der Waals surface area contributed by atoms with Crippen LogP contribution in [0.15, 0.2) is 24.3 Å². The lowest BCUT2D eigenvalue weighted by molar-refractivity contribution is 0.0697. The highest BCUT2D eigenvalue weighted by Crippen LogP contribution is 2.16. The zero-order chi connectivity index (χ0) is 14.5. The Hall–Kier alpha value is -2.68. The third-order valence-electron chi connectivity index (χ3n) is 2.97. The minimum absolute atomic E-state index is 0.179. The number of benzene rings is 1. The molecule has 0 radical (unpaired) electrons. The fraction of sp³-hybridized carbons (Fsp3) is 0.286. The van der Waals surface area contributed by atoms with Crippen LogP contribution >= 0.6 is 0 Å². The van der Waals surface area contributed by atoms with Gasteiger partial charge in [0.15, 0.2) is 5.69 Å². The van der Waals surface area contributed by atoms with Gasteiger partial charge >= 0.3 is 5.97 Å². The highest BCUT2D eigenvalue weighted by atomic mass is 16.4. The lowest BCUT2D eigenvalue weighted by Gasteiger charge is -2.06. The van der Waals surface area contributed by atoms with Gasteiger partial charge in [0.1, 0.15) is 6.07 Å². The van der Waals surface area contributed by atoms with Gasteiger partial charge in [-0.15, -0.1) is 5.10 Å². The van der Waals surface area contributed by atoms with Crippen LogP contribution in [0.2, 0.25) is 0 Å². The fourth-order valence-corrected chi connectivity index (χ4v) is 1.94. The second-order valence-electron chi connectivity index (χ2n) is 4.37. The molecular weight excluding hydrogens is 256 g/mol. The molecule has 2 rings (SSSR count). The predicted octanol–water partition coefficient (Wildman–Crippen LogP) is 2.18. The Morgan fingerprint density at radius 1 is 1.50 bits per heavy atom. The van der Waals surface area contributed by atoms with Crippen molar-refractivity contribution < 1.29 is 9.90 Å². The van der Waals surface area contributed by atoms with Gasteiger partial charge in [-0.05, 0) is 31.0 Å². The van der Waals surface area contributed by atoms with Crippen LogP contribution in [-0.2, 0) is 6.42 Å². The highest BCUT2D eigenvalue weighted by molar-refractivity contribution is 5.88. The summed E-state index contributed by atoms with van der Waals surface area (Å²) in [4.78, 5) is 11.0. The highest BCUT2D eigenvalue weighted by Gasteiger charge is 2.14. The van der Waals surface area contributed by atoms with Crippen LogP contribution in [0.5, 0.6) is 0 Å². The molecule has 0 aliphatic carbocycles. The summed E-state index contributed by atoms with van der Waals surface area (Å²) in [7, 11) is 0. The Labute approximate surface area is 116 Å². The summed E-state index contributed by atoms with van der Waals surface area (Å²) in [5, 5.41) is 25.9. The van der Waals surface area contributed by atoms with Gasteiger partial charge in [0.25, 0.3) is 0 Å². The number of aromatic carboxylic acids is 1. The molecular formula is C14H14N4O2. The molecule has 1 aromatic heterocycles. The summed E-state index contributed by atoms with van der Waals surface area (Å²) in [6.07, 6.45) is 2.59. The lowest BCUT2D eigenvalue weighted by atomic mass is 10.1. The molecule has 1 aromatic carbocycles. The molecule has 2 aromatic rings. The zero-order valence-electron chi connectivity index (χ0n) is 11.1. The summed E-state index contributed by atoms with van der Waals surface area (Å²) < 4.78 is 1.54. The standard InChI is InChI=1S/C14H14N4O2/c1-2-3-7-13-12(9-15)16-17-18(13)11-6-4-5-10(8-11)14(19)20/h4-6,8H,2-3,7H2,1H3,(H,19,20). The van der Waals surface area contributed by atoms with Crippen molar-refractivity contribution in [2.24, 2.45) is 0 Å². The van der Waals surface area contributed by atoms with Gasteiger partial charge in [-0.2, -0.15) is 5.26 Å². The number of hydrogen-bond donors (Lipinski definition) is 1. The van der Waals surface area contributed by atoms with Crippen molar-refractivity contribution >= 4 is 5.97 Å². The van der Waals surface area contributed by atoms with E-state index in [2.05, 4.69) is 17.2 Å². The van der Waals surface area contributed by atoms with Gasteiger partial charge in [0.2, 0.25) is 0 Å². The summed E-state index contributed by atoms with van der Waals surface area (Å²) in [6.45, 7) is 2.06. The monoisotopic (exact) mass is 270 g/mol. The number of nitriles is 1. The van der Waals surface area contributed by atoms with E-state index in [0.29, 0.717) is 17.8 Å². The molecule has 0 saturated heterocycles. The number of unbranched alkanes of at least 4 members (excludes halogenated alkanes) is 1. The number of carboxylic acid groups (broad SMARTS) is 1. The molecule has 0 saturated carbocycles. The van der Waals surface area contributed by atoms with Crippen molar-refractivity contribution in [3.8, 4) is 11.8 Å². The van der Waals surface area contributed by atoms with E-state index in [1.165, 1.54) is 12.1 Å². The van der Waals surface area contributed by atoms with Crippen molar-refractivity contribution in [1.82, 2.24) is 15.0 Å². The number of carboxylic acids is 1. The quantitative estimate of drug-likeness (QED) is 0.899. The van der Waals surface area contributed by atoms with Crippen LogP contribution < -0.4 is 0 Å². The first-order valence-electron chi connectivity index (χ1n) is 6.35. The second-order valence-corrected chi connectivity index (χ2v) is 4.37. The Morgan fingerprint density at radius 2 is 2.30 bits per heavy atom. The Bertz CT molecular complexity index is 670. The predicted molar refractivity (Wildman–Crippen MR) is 71.6 cm³/mol. The van der Waals surface area contributed by atoms with Gasteiger partial charge in [-0.25, -0.2) is 9.48 Å². The van der Waals surface area contributed by atoms with E-state index in [1.54, 1.807) is 16.8 Å². The maximum atomic E-state index is 11.0. The van der Waals surface area contributed by atoms with Crippen molar-refractivity contribution in [3.63, 3.8) is 0 Å². The van der Waals surface area contributed by atoms with E-state index in [4.69, 9.17) is 10.4 Å². The van der Waals surface area contributed by atoms with Crippen LogP contribution in [-0.4, -0.2) is 26.1 Å². The average Bonchev–Trinajstić information content (AvgIpc) is 2.88. The van der Waals surface area contributed by atoms with E-state index in [0.717, 1.165) is 18.5 Å². The molecule has 102 valence electrons. The molecule has 0 fully saturated rings. The third kappa shape index (κ3) is 2.67. The van der Waals surface area contributed by atoms with Crippen LogP contribution in [0, 0.1) is 11.3 Å². The van der Waals surface area contributed by atoms with E-state index in [9.17, 15) is 4.79 Å². The largest absolute Gasteiger partial charge is 0.478 e. The molecule has 0 spiro atoms. The summed E-state index contributed by atoms with van der Waals surface area (Å²) >= 11 is 0. The van der Waals surface area contributed by atoms with Gasteiger partial charge in [-0.1, -0.05) is 24.6 Å². The van der Waals surface area contributed by atoms with E-state index < -0.39 is 5.97 Å². The van der Waals surface area contributed by atoms with Crippen molar-refractivity contribution in [2.75, 3.05) is 0 Å². The third-order valence-corrected chi connectivity index (χ3v) is 2.97. The SMILES string of the molecule is CCCCc1c(C#N)nnn1-c1cccc(C(=O)O)c1. The van der Waals surface area contributed by atoms with Crippen molar-refractivity contribution in [2.45, 2.75) is 26.2 Å². The lowest BCUT2D eigenvalue weighted by Crippen LogP contribution is -2.05. The maximum absolute atomic E-state index is 11.0. The molecule has 6 nitrogen and oxygen atoms in total. The average molecular weight is 270 g/mol. The van der Waals surface area contributed by atoms with Gasteiger partial charge in [-0.3, -0.25) is 0 Å². The van der Waals surface area contributed by atoms with Crippen molar-refractivity contribution in [1.29, 1.82) is 5.26 Å². The molecule has 0 bridgehead atoms. The first-order chi connectivity index (χ1) is 9.67. The fourth-order valence-electron chi connectivity index (χ4n) is 1.94. The van der Waals surface area contributed by atoms with Gasteiger partial charge < -0.3 is 5.11 Å². The molecule has 1 heterocycles. The molecule has 20 heavy (non-hydrogen) atoms. The maximum Gasteiger partial charge on any atom is 0.335 e. The van der Waals surface area contributed by atoms with Crippen LogP contribution in [0.4, 0.5) is 0 Å². The molecule has 1 N–H and O–H groups in total. The molecule has 0 unspecified atom stereocenters. The normalized spacial score (nSPS) is 10.2. The molecule has 0 amide bonds. The van der Waals surface area contributed by atoms with Crippen LogP contribution in [0.3, 0.4) is 0 Å². The van der Waals surface area contributed by atoms with E-state index in [-0.39, 0.29) is 5.56 Å². The smallest absolute Gasteiger partial charge is 0.335 e. The summed E-state index contributed by atoms with van der Waals surface area (Å²) in [5.74, 6) is -0.998. The number of carbonyl (C=O) groups is 1. The van der Waals surface area contributed by atoms with Crippen LogP contribution in [0.1, 0.15) is 41.5 Å². The number of aromatic nitrogens is 3. The summed E-state index contributed by atoms with van der Waals surface area (Å²) in [6, 6.07) is 8.45. The molecule has 0 aliphatic rings. The van der Waals surface area contributed by atoms with E-state index >= 15 is 0 Å². The second kappa shape index (κ2) is 5.97. The van der Waals surface area contributed by atoms with Gasteiger partial charge in [0, 0.05) is 0 Å². The molecule has 6 heteroatoms. The minimum atomic E-state index is -0.998. The van der Waals surface area contributed by atoms with Gasteiger partial charge in [0.05, 0.1) is 16.9 Å². The topological polar surface area (TPSA) is 91.8 Å². The van der Waals surface area contributed by atoms with E-state index in [1.807, 2.05) is 6.07 Å². The van der Waals surface area contributed by atoms with Crippen LogP contribution in [0.25, 0.3) is 5.69 Å². The number of rotatable bonds is 5. The summed E-state index contributed by atoms with van der Waals surface area (Å²) in [5.41, 5.74) is 1.79. The first kappa shape index (κ1) is 13.7. The molecule has 0 atom stereocenters. The Balaban J connectivity index is 2.47. The van der Waals surface area contributed by atoms with Crippen molar-refractivity contribution in [3.05, 3.63) is 41.2 Å². The first-order valence-corrected chi connectivity index (χ1v) is 6.35. The number of hydrogen-bond acceptors (Lipinski definition) is 4. The minimum Gasteiger partial charge on any atom is -0.478 e. The number of nitrogens with zero attached hydrogens (tertiary/aromatic N) is 4. The Kier molecular flexibility index (Phi) is 4.11. The molecule has 0 aliphatic heterocycles.